The second kappa shape index (κ2) is 11.4. The van der Waals surface area contributed by atoms with Crippen LogP contribution in [0, 0.1) is 6.92 Å². The smallest absolute Gasteiger partial charge is 0.387 e. The van der Waals surface area contributed by atoms with Gasteiger partial charge in [-0.25, -0.2) is 4.99 Å². The van der Waals surface area contributed by atoms with Crippen molar-refractivity contribution in [2.24, 2.45) is 4.99 Å². The van der Waals surface area contributed by atoms with Crippen LogP contribution in [0.1, 0.15) is 29.2 Å². The number of hydrogen-bond acceptors (Lipinski definition) is 3. The molecule has 7 heteroatoms. The molecule has 0 aliphatic rings. The summed E-state index contributed by atoms with van der Waals surface area (Å²) >= 11 is 0. The first-order valence-electron chi connectivity index (χ1n) is 9.66. The molecule has 0 aromatic heterocycles. The molecular formula is C22H30F2N4O. The highest BCUT2D eigenvalue weighted by atomic mass is 19.3. The normalized spacial score (nSPS) is 11.8. The Labute approximate surface area is 171 Å². The number of aliphatic imine (C=N–C) groups is 1. The van der Waals surface area contributed by atoms with Crippen LogP contribution in [0.5, 0.6) is 5.75 Å². The fourth-order valence-corrected chi connectivity index (χ4v) is 2.94. The van der Waals surface area contributed by atoms with E-state index >= 15 is 0 Å². The first-order valence-corrected chi connectivity index (χ1v) is 9.66. The number of hydrogen-bond donors (Lipinski definition) is 2. The fraction of sp³-hybridized carbons (Fsp3) is 0.409. The maximum atomic E-state index is 12.7. The van der Waals surface area contributed by atoms with Gasteiger partial charge in [0.05, 0.1) is 6.54 Å². The van der Waals surface area contributed by atoms with Gasteiger partial charge in [0, 0.05) is 25.2 Å². The lowest BCUT2D eigenvalue weighted by molar-refractivity contribution is -0.0504. The summed E-state index contributed by atoms with van der Waals surface area (Å²) in [6.07, 6.45) is 0. The Morgan fingerprint density at radius 1 is 1.10 bits per heavy atom. The maximum absolute atomic E-state index is 12.7. The van der Waals surface area contributed by atoms with Crippen molar-refractivity contribution in [2.75, 3.05) is 20.6 Å². The molecule has 0 unspecified atom stereocenters. The predicted molar refractivity (Wildman–Crippen MR) is 113 cm³/mol. The standard InChI is InChI=1S/C22H30F2N4O/c1-5-25-22(26-13-17-7-6-8-18(12-17)15-28(3)4)27-14-19-11-16(2)9-10-20(19)29-21(23)24/h6-12,21H,5,13-15H2,1-4H3,(H2,25,26,27). The lowest BCUT2D eigenvalue weighted by atomic mass is 10.1. The third kappa shape index (κ3) is 8.07. The molecule has 2 rings (SSSR count). The highest BCUT2D eigenvalue weighted by Crippen LogP contribution is 2.22. The Morgan fingerprint density at radius 2 is 1.86 bits per heavy atom. The minimum Gasteiger partial charge on any atom is -0.434 e. The third-order valence-electron chi connectivity index (χ3n) is 4.13. The van der Waals surface area contributed by atoms with Gasteiger partial charge < -0.3 is 20.3 Å². The molecule has 0 aliphatic heterocycles. The minimum atomic E-state index is -2.85. The monoisotopic (exact) mass is 404 g/mol. The number of nitrogens with zero attached hydrogens (tertiary/aromatic N) is 2. The van der Waals surface area contributed by atoms with Crippen LogP contribution >= 0.6 is 0 Å². The number of rotatable bonds is 9. The van der Waals surface area contributed by atoms with Crippen molar-refractivity contribution in [2.45, 2.75) is 40.1 Å². The largest absolute Gasteiger partial charge is 0.434 e. The SMILES string of the molecule is CCNC(=NCc1cccc(CN(C)C)c1)NCc1cc(C)ccc1OC(F)F. The maximum Gasteiger partial charge on any atom is 0.387 e. The van der Waals surface area contributed by atoms with Gasteiger partial charge in [-0.1, -0.05) is 42.0 Å². The number of nitrogens with one attached hydrogen (secondary N) is 2. The van der Waals surface area contributed by atoms with E-state index in [0.29, 0.717) is 31.2 Å². The first-order chi connectivity index (χ1) is 13.9. The Balaban J connectivity index is 2.08. The van der Waals surface area contributed by atoms with Gasteiger partial charge in [-0.05, 0) is 45.1 Å². The number of alkyl halides is 2. The molecular weight excluding hydrogens is 374 g/mol. The van der Waals surface area contributed by atoms with Crippen LogP contribution in [0.25, 0.3) is 0 Å². The van der Waals surface area contributed by atoms with Crippen LogP contribution in [-0.4, -0.2) is 38.1 Å². The second-order valence-corrected chi connectivity index (χ2v) is 7.10. The van der Waals surface area contributed by atoms with Gasteiger partial charge in [-0.15, -0.1) is 0 Å². The summed E-state index contributed by atoms with van der Waals surface area (Å²) in [5.74, 6) is 0.792. The average molecular weight is 405 g/mol. The lowest BCUT2D eigenvalue weighted by Gasteiger charge is -2.15. The molecule has 0 atom stereocenters. The summed E-state index contributed by atoms with van der Waals surface area (Å²) in [5.41, 5.74) is 3.97. The molecule has 0 radical (unpaired) electrons. The fourth-order valence-electron chi connectivity index (χ4n) is 2.94. The quantitative estimate of drug-likeness (QED) is 0.491. The number of ether oxygens (including phenoxy) is 1. The molecule has 5 nitrogen and oxygen atoms in total. The van der Waals surface area contributed by atoms with Gasteiger partial charge in [0.1, 0.15) is 5.75 Å². The molecule has 0 spiro atoms. The molecule has 0 saturated carbocycles. The second-order valence-electron chi connectivity index (χ2n) is 7.10. The van der Waals surface area contributed by atoms with E-state index < -0.39 is 6.61 Å². The van der Waals surface area contributed by atoms with Gasteiger partial charge in [0.2, 0.25) is 0 Å². The van der Waals surface area contributed by atoms with Gasteiger partial charge in [0.25, 0.3) is 0 Å². The minimum absolute atomic E-state index is 0.172. The van der Waals surface area contributed by atoms with Crippen molar-refractivity contribution in [3.8, 4) is 5.75 Å². The van der Waals surface area contributed by atoms with E-state index in [4.69, 9.17) is 0 Å². The van der Waals surface area contributed by atoms with Crippen LogP contribution < -0.4 is 15.4 Å². The Hall–Kier alpha value is -2.67. The Morgan fingerprint density at radius 3 is 2.55 bits per heavy atom. The van der Waals surface area contributed by atoms with Crippen molar-refractivity contribution in [1.82, 2.24) is 15.5 Å². The number of aryl methyl sites for hydroxylation is 1. The molecule has 0 aliphatic carbocycles. The average Bonchev–Trinajstić information content (AvgIpc) is 2.65. The zero-order chi connectivity index (χ0) is 21.2. The van der Waals surface area contributed by atoms with Gasteiger partial charge >= 0.3 is 6.61 Å². The number of halogens is 2. The van der Waals surface area contributed by atoms with Crippen molar-refractivity contribution < 1.29 is 13.5 Å². The van der Waals surface area contributed by atoms with Gasteiger partial charge in [-0.2, -0.15) is 8.78 Å². The summed E-state index contributed by atoms with van der Waals surface area (Å²) in [6.45, 7) is 3.45. The van der Waals surface area contributed by atoms with E-state index in [9.17, 15) is 8.78 Å². The predicted octanol–water partition coefficient (Wildman–Crippen LogP) is 3.91. The molecule has 0 bridgehead atoms. The van der Waals surface area contributed by atoms with Crippen molar-refractivity contribution in [1.29, 1.82) is 0 Å². The van der Waals surface area contributed by atoms with Crippen molar-refractivity contribution in [3.05, 3.63) is 64.7 Å². The summed E-state index contributed by atoms with van der Waals surface area (Å²) in [5, 5.41) is 6.39. The van der Waals surface area contributed by atoms with E-state index in [1.807, 2.05) is 46.1 Å². The van der Waals surface area contributed by atoms with E-state index in [1.54, 1.807) is 12.1 Å². The van der Waals surface area contributed by atoms with Crippen molar-refractivity contribution >= 4 is 5.96 Å². The third-order valence-corrected chi connectivity index (χ3v) is 4.13. The summed E-state index contributed by atoms with van der Waals surface area (Å²) in [6, 6.07) is 13.5. The van der Waals surface area contributed by atoms with E-state index in [1.165, 1.54) is 5.56 Å². The van der Waals surface area contributed by atoms with Crippen LogP contribution in [-0.2, 0) is 19.6 Å². The molecule has 0 amide bonds. The first kappa shape index (κ1) is 22.6. The molecule has 0 fully saturated rings. The zero-order valence-electron chi connectivity index (χ0n) is 17.5. The highest BCUT2D eigenvalue weighted by Gasteiger charge is 2.10. The topological polar surface area (TPSA) is 48.9 Å². The molecule has 2 aromatic rings. The van der Waals surface area contributed by atoms with Gasteiger partial charge in [-0.3, -0.25) is 0 Å². The Kier molecular flexibility index (Phi) is 8.86. The summed E-state index contributed by atoms with van der Waals surface area (Å²) < 4.78 is 29.9. The molecule has 158 valence electrons. The zero-order valence-corrected chi connectivity index (χ0v) is 17.5. The van der Waals surface area contributed by atoms with E-state index in [2.05, 4.69) is 37.4 Å². The number of guanidine groups is 1. The van der Waals surface area contributed by atoms with E-state index in [0.717, 1.165) is 17.7 Å². The molecule has 2 aromatic carbocycles. The van der Waals surface area contributed by atoms with Crippen LogP contribution in [0.2, 0.25) is 0 Å². The summed E-state index contributed by atoms with van der Waals surface area (Å²) in [7, 11) is 4.07. The molecule has 2 N–H and O–H groups in total. The van der Waals surface area contributed by atoms with Crippen LogP contribution in [0.15, 0.2) is 47.5 Å². The van der Waals surface area contributed by atoms with E-state index in [-0.39, 0.29) is 5.75 Å². The summed E-state index contributed by atoms with van der Waals surface area (Å²) in [4.78, 5) is 6.74. The molecule has 0 saturated heterocycles. The lowest BCUT2D eigenvalue weighted by Crippen LogP contribution is -2.36. The van der Waals surface area contributed by atoms with Gasteiger partial charge in [0.15, 0.2) is 5.96 Å². The highest BCUT2D eigenvalue weighted by molar-refractivity contribution is 5.79. The number of benzene rings is 2. The Bertz CT molecular complexity index is 809. The van der Waals surface area contributed by atoms with Crippen LogP contribution in [0.3, 0.4) is 0 Å². The molecule has 0 heterocycles. The molecule has 29 heavy (non-hydrogen) atoms. The van der Waals surface area contributed by atoms with Crippen molar-refractivity contribution in [3.63, 3.8) is 0 Å². The van der Waals surface area contributed by atoms with Crippen LogP contribution in [0.4, 0.5) is 8.78 Å².